The van der Waals surface area contributed by atoms with Crippen LogP contribution >= 0.6 is 11.3 Å². The van der Waals surface area contributed by atoms with Crippen molar-refractivity contribution >= 4 is 46.9 Å². The van der Waals surface area contributed by atoms with E-state index in [1.807, 2.05) is 30.5 Å². The van der Waals surface area contributed by atoms with Crippen molar-refractivity contribution in [3.63, 3.8) is 0 Å². The Morgan fingerprint density at radius 3 is 2.87 bits per heavy atom. The summed E-state index contributed by atoms with van der Waals surface area (Å²) in [5.41, 5.74) is 6.43. The molecule has 3 heterocycles. The second-order valence-electron chi connectivity index (χ2n) is 7.04. The van der Waals surface area contributed by atoms with Gasteiger partial charge in [-0.3, -0.25) is 19.4 Å². The van der Waals surface area contributed by atoms with Gasteiger partial charge in [-0.15, -0.1) is 11.3 Å². The van der Waals surface area contributed by atoms with Crippen LogP contribution in [0.4, 0.5) is 5.69 Å². The molecular formula is C22H24N4O3S. The van der Waals surface area contributed by atoms with Gasteiger partial charge in [0.15, 0.2) is 0 Å². The molecule has 0 radical (unpaired) electrons. The third-order valence-electron chi connectivity index (χ3n) is 5.00. The zero-order chi connectivity index (χ0) is 21.7. The van der Waals surface area contributed by atoms with Gasteiger partial charge in [0.05, 0.1) is 23.5 Å². The molecule has 0 aromatic carbocycles. The minimum absolute atomic E-state index is 0.151. The Hall–Kier alpha value is -3.26. The number of likely N-dealkylation sites (tertiary alicyclic amines) is 1. The number of nitrogens with one attached hydrogen (secondary N) is 1. The first-order valence-electron chi connectivity index (χ1n) is 9.68. The summed E-state index contributed by atoms with van der Waals surface area (Å²) in [6.45, 7) is 6.65. The van der Waals surface area contributed by atoms with Crippen molar-refractivity contribution in [2.24, 2.45) is 5.73 Å². The van der Waals surface area contributed by atoms with E-state index in [4.69, 9.17) is 5.73 Å². The lowest BCUT2D eigenvalue weighted by molar-refractivity contribution is -0.145. The fourth-order valence-corrected chi connectivity index (χ4v) is 4.26. The summed E-state index contributed by atoms with van der Waals surface area (Å²) in [6, 6.07) is 3.17. The SMILES string of the molecule is C=C(/C=c1/ccs/c1=C/C)[C@@H]1CCCCN1C(=O)C(=O)Nc1cncc(C(N)=O)c1. The number of rotatable bonds is 4. The van der Waals surface area contributed by atoms with E-state index in [1.165, 1.54) is 18.5 Å². The maximum Gasteiger partial charge on any atom is 0.313 e. The molecule has 0 bridgehead atoms. The van der Waals surface area contributed by atoms with Crippen LogP contribution in [0.1, 0.15) is 36.5 Å². The third kappa shape index (κ3) is 4.83. The normalized spacial score (nSPS) is 17.6. The van der Waals surface area contributed by atoms with Crippen molar-refractivity contribution in [3.05, 3.63) is 57.4 Å². The Balaban J connectivity index is 1.78. The van der Waals surface area contributed by atoms with Crippen LogP contribution in [0.3, 0.4) is 0 Å². The molecule has 1 aliphatic rings. The van der Waals surface area contributed by atoms with Crippen LogP contribution in [-0.2, 0) is 9.59 Å². The molecule has 3 N–H and O–H groups in total. The molecule has 8 heteroatoms. The largest absolute Gasteiger partial charge is 0.366 e. The predicted molar refractivity (Wildman–Crippen MR) is 118 cm³/mol. The number of hydrogen-bond acceptors (Lipinski definition) is 5. The number of aromatic nitrogens is 1. The summed E-state index contributed by atoms with van der Waals surface area (Å²) < 4.78 is 1.14. The van der Waals surface area contributed by atoms with Crippen molar-refractivity contribution in [3.8, 4) is 0 Å². The van der Waals surface area contributed by atoms with Gasteiger partial charge in [0.2, 0.25) is 5.91 Å². The van der Waals surface area contributed by atoms with Gasteiger partial charge in [-0.2, -0.15) is 0 Å². The number of carbonyl (C=O) groups excluding carboxylic acids is 3. The van der Waals surface area contributed by atoms with E-state index in [2.05, 4.69) is 16.9 Å². The van der Waals surface area contributed by atoms with E-state index in [1.54, 1.807) is 16.2 Å². The maximum absolute atomic E-state index is 12.9. The average Bonchev–Trinajstić information content (AvgIpc) is 3.20. The molecule has 30 heavy (non-hydrogen) atoms. The number of primary amides is 1. The third-order valence-corrected chi connectivity index (χ3v) is 5.99. The molecule has 0 spiro atoms. The van der Waals surface area contributed by atoms with E-state index in [0.717, 1.165) is 34.6 Å². The van der Waals surface area contributed by atoms with E-state index < -0.39 is 17.7 Å². The summed E-state index contributed by atoms with van der Waals surface area (Å²) in [5, 5.41) is 5.59. The maximum atomic E-state index is 12.9. The number of hydrogen-bond donors (Lipinski definition) is 2. The Bertz CT molecular complexity index is 1110. The lowest BCUT2D eigenvalue weighted by Gasteiger charge is -2.35. The van der Waals surface area contributed by atoms with E-state index >= 15 is 0 Å². The highest BCUT2D eigenvalue weighted by atomic mass is 32.1. The summed E-state index contributed by atoms with van der Waals surface area (Å²) in [7, 11) is 0. The molecular weight excluding hydrogens is 400 g/mol. The minimum Gasteiger partial charge on any atom is -0.366 e. The lowest BCUT2D eigenvalue weighted by Crippen LogP contribution is -2.49. The first-order valence-corrected chi connectivity index (χ1v) is 10.6. The van der Waals surface area contributed by atoms with E-state index in [9.17, 15) is 14.4 Å². The molecule has 1 aliphatic heterocycles. The zero-order valence-electron chi connectivity index (χ0n) is 16.8. The van der Waals surface area contributed by atoms with Crippen LogP contribution in [0.5, 0.6) is 0 Å². The fourth-order valence-electron chi connectivity index (χ4n) is 3.50. The second kappa shape index (κ2) is 9.49. The van der Waals surface area contributed by atoms with Gasteiger partial charge in [0, 0.05) is 17.3 Å². The molecule has 1 fully saturated rings. The minimum atomic E-state index is -0.781. The van der Waals surface area contributed by atoms with Gasteiger partial charge < -0.3 is 16.0 Å². The van der Waals surface area contributed by atoms with E-state index in [0.29, 0.717) is 6.54 Å². The molecule has 156 valence electrons. The summed E-state index contributed by atoms with van der Waals surface area (Å²) >= 11 is 1.64. The highest BCUT2D eigenvalue weighted by molar-refractivity contribution is 7.07. The molecule has 2 aromatic heterocycles. The Morgan fingerprint density at radius 2 is 2.13 bits per heavy atom. The average molecular weight is 425 g/mol. The van der Waals surface area contributed by atoms with E-state index in [-0.39, 0.29) is 17.3 Å². The topological polar surface area (TPSA) is 105 Å². The Labute approximate surface area is 178 Å². The van der Waals surface area contributed by atoms with Crippen molar-refractivity contribution in [2.45, 2.75) is 32.2 Å². The van der Waals surface area contributed by atoms with Crippen LogP contribution in [0.25, 0.3) is 12.2 Å². The zero-order valence-corrected chi connectivity index (χ0v) is 17.6. The summed E-state index contributed by atoms with van der Waals surface area (Å²) in [6.07, 6.45) is 9.22. The lowest BCUT2D eigenvalue weighted by atomic mass is 9.95. The first kappa shape index (κ1) is 21.4. The quantitative estimate of drug-likeness (QED) is 0.724. The van der Waals surface area contributed by atoms with Gasteiger partial charge in [-0.25, -0.2) is 0 Å². The summed E-state index contributed by atoms with van der Waals surface area (Å²) in [4.78, 5) is 42.2. The molecule has 0 unspecified atom stereocenters. The Kier molecular flexibility index (Phi) is 6.79. The number of nitrogens with zero attached hydrogens (tertiary/aromatic N) is 2. The van der Waals surface area contributed by atoms with Crippen LogP contribution in [-0.4, -0.2) is 40.2 Å². The van der Waals surface area contributed by atoms with Gasteiger partial charge in [-0.05, 0) is 60.6 Å². The monoisotopic (exact) mass is 424 g/mol. The number of anilines is 1. The standard InChI is InChI=1S/C22H24N4O3S/c1-3-19-15(7-9-30-19)10-14(2)18-6-4-5-8-26(18)22(29)21(28)25-17-11-16(20(23)27)12-24-13-17/h3,7,9-13,18H,2,4-6,8H2,1H3,(H2,23,27)(H,25,28)/b15-10-,19-3+/t18-/m0/s1. The highest BCUT2D eigenvalue weighted by Gasteiger charge is 2.31. The molecule has 0 saturated carbocycles. The molecule has 7 nitrogen and oxygen atoms in total. The highest BCUT2D eigenvalue weighted by Crippen LogP contribution is 2.23. The number of pyridine rings is 1. The van der Waals surface area contributed by atoms with Crippen LogP contribution in [0.15, 0.2) is 42.1 Å². The number of amides is 3. The molecule has 2 aromatic rings. The Morgan fingerprint density at radius 1 is 1.33 bits per heavy atom. The summed E-state index contributed by atoms with van der Waals surface area (Å²) in [5.74, 6) is -2.08. The molecule has 1 atom stereocenters. The number of carbonyl (C=O) groups is 3. The van der Waals surface area contributed by atoms with Crippen LogP contribution < -0.4 is 20.8 Å². The van der Waals surface area contributed by atoms with Crippen molar-refractivity contribution in [1.82, 2.24) is 9.88 Å². The van der Waals surface area contributed by atoms with Crippen LogP contribution in [0.2, 0.25) is 0 Å². The van der Waals surface area contributed by atoms with Crippen molar-refractivity contribution in [1.29, 1.82) is 0 Å². The molecule has 3 amide bonds. The number of thiophene rings is 1. The smallest absolute Gasteiger partial charge is 0.313 e. The number of nitrogens with two attached hydrogens (primary N) is 1. The first-order chi connectivity index (χ1) is 14.4. The second-order valence-corrected chi connectivity index (χ2v) is 7.99. The molecule has 0 aliphatic carbocycles. The number of piperidine rings is 1. The fraction of sp³-hybridized carbons (Fsp3) is 0.273. The predicted octanol–water partition coefficient (Wildman–Crippen LogP) is 1.40. The van der Waals surface area contributed by atoms with Crippen LogP contribution in [0, 0.1) is 0 Å². The van der Waals surface area contributed by atoms with Gasteiger partial charge >= 0.3 is 11.8 Å². The van der Waals surface area contributed by atoms with Gasteiger partial charge in [0.1, 0.15) is 0 Å². The molecule has 1 saturated heterocycles. The van der Waals surface area contributed by atoms with Gasteiger partial charge in [0.25, 0.3) is 0 Å². The van der Waals surface area contributed by atoms with Crippen molar-refractivity contribution in [2.75, 3.05) is 11.9 Å². The molecule has 3 rings (SSSR count). The van der Waals surface area contributed by atoms with Crippen molar-refractivity contribution < 1.29 is 14.4 Å². The van der Waals surface area contributed by atoms with Gasteiger partial charge in [-0.1, -0.05) is 12.7 Å².